The van der Waals surface area contributed by atoms with Crippen molar-refractivity contribution in [3.63, 3.8) is 0 Å². The summed E-state index contributed by atoms with van der Waals surface area (Å²) in [6.07, 6.45) is 6.34. The van der Waals surface area contributed by atoms with E-state index >= 15 is 0 Å². The van der Waals surface area contributed by atoms with Crippen LogP contribution in [0.3, 0.4) is 0 Å². The Balaban J connectivity index is 1.67. The second-order valence-electron chi connectivity index (χ2n) is 6.54. The quantitative estimate of drug-likeness (QED) is 0.580. The molecule has 3 rings (SSSR count). The van der Waals surface area contributed by atoms with Gasteiger partial charge < -0.3 is 9.47 Å². The zero-order valence-electron chi connectivity index (χ0n) is 12.5. The number of hydrazine groups is 1. The molecule has 1 aliphatic carbocycles. The molecular weight excluding hydrogens is 272 g/mol. The number of nitrogens with one attached hydrogen (secondary N) is 1. The summed E-state index contributed by atoms with van der Waals surface area (Å²) in [7, 11) is 0. The van der Waals surface area contributed by atoms with Gasteiger partial charge in [-0.2, -0.15) is 11.8 Å². The maximum atomic E-state index is 6.14. The first-order valence-electron chi connectivity index (χ1n) is 8.07. The molecule has 0 aromatic carbocycles. The van der Waals surface area contributed by atoms with Crippen molar-refractivity contribution in [2.45, 2.75) is 56.8 Å². The van der Waals surface area contributed by atoms with Crippen LogP contribution >= 0.6 is 11.8 Å². The molecule has 0 bridgehead atoms. The van der Waals surface area contributed by atoms with Crippen molar-refractivity contribution in [2.75, 3.05) is 24.7 Å². The number of hydrogen-bond acceptors (Lipinski definition) is 5. The van der Waals surface area contributed by atoms with Gasteiger partial charge >= 0.3 is 0 Å². The lowest BCUT2D eigenvalue weighted by Crippen LogP contribution is -2.55. The minimum absolute atomic E-state index is 0.128. The van der Waals surface area contributed by atoms with Crippen LogP contribution in [0.25, 0.3) is 0 Å². The van der Waals surface area contributed by atoms with Gasteiger partial charge in [-0.15, -0.1) is 0 Å². The Morgan fingerprint density at radius 2 is 2.25 bits per heavy atom. The molecule has 0 radical (unpaired) electrons. The lowest BCUT2D eigenvalue weighted by atomic mass is 9.79. The minimum Gasteiger partial charge on any atom is -0.377 e. The molecule has 4 unspecified atom stereocenters. The van der Waals surface area contributed by atoms with Crippen molar-refractivity contribution in [1.82, 2.24) is 5.43 Å². The predicted octanol–water partition coefficient (Wildman–Crippen LogP) is 1.94. The van der Waals surface area contributed by atoms with E-state index in [1.54, 1.807) is 0 Å². The molecule has 1 spiro atoms. The van der Waals surface area contributed by atoms with Crippen LogP contribution in [0.2, 0.25) is 0 Å². The molecule has 4 nitrogen and oxygen atoms in total. The van der Waals surface area contributed by atoms with E-state index in [0.29, 0.717) is 17.9 Å². The summed E-state index contributed by atoms with van der Waals surface area (Å²) < 4.78 is 12.2. The lowest BCUT2D eigenvalue weighted by molar-refractivity contribution is -0.0994. The summed E-state index contributed by atoms with van der Waals surface area (Å²) in [5.74, 6) is 9.61. The van der Waals surface area contributed by atoms with E-state index in [1.165, 1.54) is 25.0 Å². The number of hydrogen-bond donors (Lipinski definition) is 2. The molecule has 0 amide bonds. The van der Waals surface area contributed by atoms with Crippen LogP contribution in [0, 0.1) is 11.8 Å². The molecule has 2 heterocycles. The molecule has 3 aliphatic rings. The molecule has 0 aromatic rings. The molecule has 4 atom stereocenters. The van der Waals surface area contributed by atoms with Crippen molar-refractivity contribution in [1.29, 1.82) is 0 Å². The van der Waals surface area contributed by atoms with Gasteiger partial charge in [0.1, 0.15) is 0 Å². The van der Waals surface area contributed by atoms with Crippen LogP contribution in [-0.2, 0) is 9.47 Å². The second-order valence-corrected chi connectivity index (χ2v) is 7.64. The lowest BCUT2D eigenvalue weighted by Gasteiger charge is -2.42. The van der Waals surface area contributed by atoms with Gasteiger partial charge in [-0.3, -0.25) is 11.3 Å². The number of ether oxygens (including phenoxy) is 2. The van der Waals surface area contributed by atoms with Gasteiger partial charge in [-0.05, 0) is 56.6 Å². The van der Waals surface area contributed by atoms with Crippen LogP contribution in [0.15, 0.2) is 0 Å². The summed E-state index contributed by atoms with van der Waals surface area (Å²) in [5.41, 5.74) is 3.22. The van der Waals surface area contributed by atoms with Crippen molar-refractivity contribution in [3.05, 3.63) is 0 Å². The standard InChI is InChI=1S/C15H28N2O2S/c1-2-18-14(11-3-4-11)13(17-16)12-5-7-19-15(9-12)6-8-20-10-15/h11-14,17H,2-10,16H2,1H3. The van der Waals surface area contributed by atoms with Crippen LogP contribution in [0.5, 0.6) is 0 Å². The third-order valence-electron chi connectivity index (χ3n) is 5.10. The fourth-order valence-corrected chi connectivity index (χ4v) is 5.26. The molecule has 116 valence electrons. The minimum atomic E-state index is 0.128. The Morgan fingerprint density at radius 1 is 1.40 bits per heavy atom. The first-order valence-corrected chi connectivity index (χ1v) is 9.23. The number of thioether (sulfide) groups is 1. The summed E-state index contributed by atoms with van der Waals surface area (Å²) in [6, 6.07) is 0.286. The summed E-state index contributed by atoms with van der Waals surface area (Å²) >= 11 is 2.03. The summed E-state index contributed by atoms with van der Waals surface area (Å²) in [5, 5.41) is 0. The van der Waals surface area contributed by atoms with Crippen molar-refractivity contribution >= 4 is 11.8 Å². The molecule has 3 fully saturated rings. The molecule has 2 aliphatic heterocycles. The zero-order chi connectivity index (χ0) is 14.0. The Morgan fingerprint density at radius 3 is 2.85 bits per heavy atom. The van der Waals surface area contributed by atoms with Gasteiger partial charge in [-0.1, -0.05) is 0 Å². The van der Waals surface area contributed by atoms with Crippen molar-refractivity contribution < 1.29 is 9.47 Å². The molecule has 2 saturated heterocycles. The van der Waals surface area contributed by atoms with Crippen LogP contribution in [0.4, 0.5) is 0 Å². The third kappa shape index (κ3) is 3.17. The fourth-order valence-electron chi connectivity index (χ4n) is 3.88. The first-order chi connectivity index (χ1) is 9.78. The monoisotopic (exact) mass is 300 g/mol. The van der Waals surface area contributed by atoms with Crippen molar-refractivity contribution in [2.24, 2.45) is 17.7 Å². The maximum Gasteiger partial charge on any atom is 0.0783 e. The highest BCUT2D eigenvalue weighted by Gasteiger charge is 2.46. The van der Waals surface area contributed by atoms with E-state index in [1.807, 2.05) is 11.8 Å². The molecule has 20 heavy (non-hydrogen) atoms. The predicted molar refractivity (Wildman–Crippen MR) is 82.6 cm³/mol. The molecule has 5 heteroatoms. The fraction of sp³-hybridized carbons (Fsp3) is 1.00. The van der Waals surface area contributed by atoms with Gasteiger partial charge in [0.05, 0.1) is 17.7 Å². The van der Waals surface area contributed by atoms with E-state index in [9.17, 15) is 0 Å². The van der Waals surface area contributed by atoms with Gasteiger partial charge in [0.2, 0.25) is 0 Å². The molecular formula is C15H28N2O2S. The Hall–Kier alpha value is 0.190. The largest absolute Gasteiger partial charge is 0.377 e. The van der Waals surface area contributed by atoms with E-state index in [0.717, 1.165) is 31.8 Å². The average molecular weight is 300 g/mol. The molecule has 0 aromatic heterocycles. The van der Waals surface area contributed by atoms with Gasteiger partial charge in [0.25, 0.3) is 0 Å². The summed E-state index contributed by atoms with van der Waals surface area (Å²) in [6.45, 7) is 3.75. The first kappa shape index (κ1) is 15.1. The van der Waals surface area contributed by atoms with E-state index in [4.69, 9.17) is 15.3 Å². The van der Waals surface area contributed by atoms with Gasteiger partial charge in [0.15, 0.2) is 0 Å². The normalized spacial score (nSPS) is 37.2. The van der Waals surface area contributed by atoms with Crippen LogP contribution in [0.1, 0.15) is 39.0 Å². The highest BCUT2D eigenvalue weighted by atomic mass is 32.2. The van der Waals surface area contributed by atoms with E-state index < -0.39 is 0 Å². The third-order valence-corrected chi connectivity index (χ3v) is 6.32. The van der Waals surface area contributed by atoms with Crippen LogP contribution < -0.4 is 11.3 Å². The Kier molecular flexibility index (Phi) is 4.93. The van der Waals surface area contributed by atoms with E-state index in [-0.39, 0.29) is 11.6 Å². The topological polar surface area (TPSA) is 56.5 Å². The van der Waals surface area contributed by atoms with Crippen molar-refractivity contribution in [3.8, 4) is 0 Å². The summed E-state index contributed by atoms with van der Waals surface area (Å²) in [4.78, 5) is 0. The smallest absolute Gasteiger partial charge is 0.0783 e. The molecule has 1 saturated carbocycles. The zero-order valence-corrected chi connectivity index (χ0v) is 13.3. The van der Waals surface area contributed by atoms with Gasteiger partial charge in [-0.25, -0.2) is 0 Å². The second kappa shape index (κ2) is 6.53. The SMILES string of the molecule is CCOC(C1CC1)C(NN)C1CCOC2(CCSC2)C1. The highest BCUT2D eigenvalue weighted by Crippen LogP contribution is 2.44. The molecule has 3 N–H and O–H groups in total. The van der Waals surface area contributed by atoms with E-state index in [2.05, 4.69) is 12.3 Å². The number of rotatable bonds is 6. The number of nitrogens with two attached hydrogens (primary N) is 1. The maximum absolute atomic E-state index is 6.14. The Bertz CT molecular complexity index is 319. The van der Waals surface area contributed by atoms with Crippen LogP contribution in [-0.4, -0.2) is 42.5 Å². The van der Waals surface area contributed by atoms with Gasteiger partial charge in [0, 0.05) is 19.0 Å². The Labute approximate surface area is 126 Å². The average Bonchev–Trinajstić information content (AvgIpc) is 3.21. The highest BCUT2D eigenvalue weighted by molar-refractivity contribution is 7.99.